The number of benzene rings is 1. The van der Waals surface area contributed by atoms with E-state index in [0.29, 0.717) is 0 Å². The quantitative estimate of drug-likeness (QED) is 0.885. The molecule has 0 bridgehead atoms. The summed E-state index contributed by atoms with van der Waals surface area (Å²) in [5.74, 6) is -1.82. The molecule has 86 valence electrons. The average molecular weight is 233 g/mol. The van der Waals surface area contributed by atoms with E-state index in [0.717, 1.165) is 0 Å². The third kappa shape index (κ3) is 2.39. The summed E-state index contributed by atoms with van der Waals surface area (Å²) in [6, 6.07) is 8.68. The molecule has 0 saturated carbocycles. The summed E-state index contributed by atoms with van der Waals surface area (Å²) in [5, 5.41) is 8.88. The van der Waals surface area contributed by atoms with Crippen molar-refractivity contribution in [1.29, 1.82) is 0 Å². The molecule has 0 spiro atoms. The number of hydrogen-bond acceptors (Lipinski definition) is 3. The molecule has 0 atom stereocenters. The van der Waals surface area contributed by atoms with E-state index in [4.69, 9.17) is 9.84 Å². The summed E-state index contributed by atoms with van der Waals surface area (Å²) < 4.78 is 18.5. The van der Waals surface area contributed by atoms with Crippen molar-refractivity contribution in [3.05, 3.63) is 54.1 Å². The molecule has 5 heteroatoms. The lowest BCUT2D eigenvalue weighted by molar-refractivity contribution is 0.0687. The van der Waals surface area contributed by atoms with Gasteiger partial charge in [-0.2, -0.15) is 0 Å². The summed E-state index contributed by atoms with van der Waals surface area (Å²) >= 11 is 0. The molecule has 0 saturated heterocycles. The maximum absolute atomic E-state index is 13.3. The van der Waals surface area contributed by atoms with Crippen LogP contribution in [0.3, 0.4) is 0 Å². The number of para-hydroxylation sites is 1. The van der Waals surface area contributed by atoms with Crippen LogP contribution in [0.1, 0.15) is 10.5 Å². The summed E-state index contributed by atoms with van der Waals surface area (Å²) in [4.78, 5) is 14.5. The summed E-state index contributed by atoms with van der Waals surface area (Å²) in [6.07, 6.45) is 1.33. The van der Waals surface area contributed by atoms with Gasteiger partial charge >= 0.3 is 5.97 Å². The Morgan fingerprint density at radius 3 is 2.59 bits per heavy atom. The van der Waals surface area contributed by atoms with E-state index in [-0.39, 0.29) is 17.2 Å². The highest BCUT2D eigenvalue weighted by atomic mass is 19.1. The normalized spacial score (nSPS) is 9.94. The highest BCUT2D eigenvalue weighted by molar-refractivity contribution is 5.88. The molecule has 0 radical (unpaired) electrons. The number of ether oxygens (including phenoxy) is 1. The van der Waals surface area contributed by atoms with Crippen molar-refractivity contribution in [3.8, 4) is 11.5 Å². The molecule has 0 aliphatic rings. The fraction of sp³-hybridized carbons (Fsp3) is 0. The smallest absolute Gasteiger partial charge is 0.358 e. The van der Waals surface area contributed by atoms with E-state index in [2.05, 4.69) is 4.98 Å². The Morgan fingerprint density at radius 2 is 1.88 bits per heavy atom. The van der Waals surface area contributed by atoms with E-state index in [9.17, 15) is 9.18 Å². The van der Waals surface area contributed by atoms with Crippen LogP contribution in [0.5, 0.6) is 11.5 Å². The van der Waals surface area contributed by atoms with Crippen LogP contribution in [0, 0.1) is 5.82 Å². The van der Waals surface area contributed by atoms with E-state index in [1.54, 1.807) is 6.07 Å². The number of aromatic carboxylic acids is 1. The van der Waals surface area contributed by atoms with Crippen LogP contribution in [0.15, 0.2) is 42.6 Å². The van der Waals surface area contributed by atoms with Gasteiger partial charge in [0.2, 0.25) is 0 Å². The fourth-order valence-corrected chi connectivity index (χ4v) is 1.28. The Balaban J connectivity index is 2.37. The van der Waals surface area contributed by atoms with Crippen LogP contribution in [-0.2, 0) is 0 Å². The molecular formula is C12H8FNO3. The molecule has 1 aromatic heterocycles. The lowest BCUT2D eigenvalue weighted by Crippen LogP contribution is -2.03. The molecule has 17 heavy (non-hydrogen) atoms. The Kier molecular flexibility index (Phi) is 3.00. The molecule has 0 aliphatic carbocycles. The van der Waals surface area contributed by atoms with Crippen LogP contribution in [0.4, 0.5) is 4.39 Å². The second kappa shape index (κ2) is 4.61. The van der Waals surface area contributed by atoms with Gasteiger partial charge in [0.15, 0.2) is 23.0 Å². The zero-order valence-corrected chi connectivity index (χ0v) is 8.63. The minimum Gasteiger partial charge on any atom is -0.476 e. The molecule has 1 N–H and O–H groups in total. The van der Waals surface area contributed by atoms with Gasteiger partial charge in [0.1, 0.15) is 0 Å². The van der Waals surface area contributed by atoms with Gasteiger partial charge in [-0.05, 0) is 24.3 Å². The predicted octanol–water partition coefficient (Wildman–Crippen LogP) is 2.71. The standard InChI is InChI=1S/C12H8FNO3/c13-8-4-1-2-5-9(8)17-10-6-3-7-14-11(10)12(15)16/h1-7H,(H,15,16). The van der Waals surface area contributed by atoms with E-state index in [1.807, 2.05) is 0 Å². The topological polar surface area (TPSA) is 59.4 Å². The van der Waals surface area contributed by atoms with Gasteiger partial charge in [-0.25, -0.2) is 14.2 Å². The molecule has 2 aromatic rings. The highest BCUT2D eigenvalue weighted by Crippen LogP contribution is 2.25. The summed E-state index contributed by atoms with van der Waals surface area (Å²) in [7, 11) is 0. The van der Waals surface area contributed by atoms with Crippen molar-refractivity contribution >= 4 is 5.97 Å². The number of nitrogens with zero attached hydrogens (tertiary/aromatic N) is 1. The zero-order valence-electron chi connectivity index (χ0n) is 8.63. The second-order valence-corrected chi connectivity index (χ2v) is 3.19. The van der Waals surface area contributed by atoms with Crippen molar-refractivity contribution in [3.63, 3.8) is 0 Å². The van der Waals surface area contributed by atoms with Crippen molar-refractivity contribution < 1.29 is 19.0 Å². The van der Waals surface area contributed by atoms with Crippen molar-refractivity contribution in [1.82, 2.24) is 4.98 Å². The first-order valence-corrected chi connectivity index (χ1v) is 4.79. The molecule has 0 aliphatic heterocycles. The van der Waals surface area contributed by atoms with Crippen molar-refractivity contribution in [2.24, 2.45) is 0 Å². The number of aromatic nitrogens is 1. The van der Waals surface area contributed by atoms with Crippen molar-refractivity contribution in [2.45, 2.75) is 0 Å². The van der Waals surface area contributed by atoms with E-state index in [1.165, 1.54) is 36.5 Å². The third-order valence-electron chi connectivity index (χ3n) is 2.03. The number of carboxylic acid groups (broad SMARTS) is 1. The largest absolute Gasteiger partial charge is 0.476 e. The maximum atomic E-state index is 13.3. The van der Waals surface area contributed by atoms with Gasteiger partial charge < -0.3 is 9.84 Å². The van der Waals surface area contributed by atoms with Gasteiger partial charge in [0.25, 0.3) is 0 Å². The maximum Gasteiger partial charge on any atom is 0.358 e. The first-order valence-electron chi connectivity index (χ1n) is 4.79. The Morgan fingerprint density at radius 1 is 1.18 bits per heavy atom. The van der Waals surface area contributed by atoms with Crippen LogP contribution in [-0.4, -0.2) is 16.1 Å². The van der Waals surface area contributed by atoms with Crippen molar-refractivity contribution in [2.75, 3.05) is 0 Å². The van der Waals surface area contributed by atoms with Gasteiger partial charge in [0, 0.05) is 6.20 Å². The minimum atomic E-state index is -1.23. The minimum absolute atomic E-state index is 0.00472. The number of pyridine rings is 1. The number of hydrogen-bond donors (Lipinski definition) is 1. The number of rotatable bonds is 3. The van der Waals surface area contributed by atoms with Crippen LogP contribution >= 0.6 is 0 Å². The molecule has 0 fully saturated rings. The van der Waals surface area contributed by atoms with Crippen LogP contribution in [0.25, 0.3) is 0 Å². The Bertz CT molecular complexity index is 557. The number of halogens is 1. The fourth-order valence-electron chi connectivity index (χ4n) is 1.28. The number of carboxylic acids is 1. The molecule has 1 aromatic carbocycles. The molecule has 1 heterocycles. The van der Waals surface area contributed by atoms with Gasteiger partial charge in [0.05, 0.1) is 0 Å². The predicted molar refractivity (Wildman–Crippen MR) is 57.7 cm³/mol. The number of carbonyl (C=O) groups is 1. The monoisotopic (exact) mass is 233 g/mol. The lowest BCUT2D eigenvalue weighted by atomic mass is 10.3. The van der Waals surface area contributed by atoms with Crippen LogP contribution < -0.4 is 4.74 Å². The summed E-state index contributed by atoms with van der Waals surface area (Å²) in [6.45, 7) is 0. The zero-order chi connectivity index (χ0) is 12.3. The lowest BCUT2D eigenvalue weighted by Gasteiger charge is -2.07. The van der Waals surface area contributed by atoms with Gasteiger partial charge in [-0.15, -0.1) is 0 Å². The Labute approximate surface area is 96.3 Å². The van der Waals surface area contributed by atoms with Gasteiger partial charge in [-0.1, -0.05) is 12.1 Å². The highest BCUT2D eigenvalue weighted by Gasteiger charge is 2.14. The second-order valence-electron chi connectivity index (χ2n) is 3.19. The van der Waals surface area contributed by atoms with E-state index >= 15 is 0 Å². The summed E-state index contributed by atoms with van der Waals surface area (Å²) in [5.41, 5.74) is -0.254. The Hall–Kier alpha value is -2.43. The molecule has 0 unspecified atom stereocenters. The van der Waals surface area contributed by atoms with E-state index < -0.39 is 11.8 Å². The average Bonchev–Trinajstić information content (AvgIpc) is 2.32. The van der Waals surface area contributed by atoms with Crippen LogP contribution in [0.2, 0.25) is 0 Å². The molecular weight excluding hydrogens is 225 g/mol. The third-order valence-corrected chi connectivity index (χ3v) is 2.03. The molecule has 2 rings (SSSR count). The molecule has 0 amide bonds. The molecule has 4 nitrogen and oxygen atoms in total. The first kappa shape index (κ1) is 11.1. The van der Waals surface area contributed by atoms with Gasteiger partial charge in [-0.3, -0.25) is 0 Å². The first-order chi connectivity index (χ1) is 8.18. The SMILES string of the molecule is O=C(O)c1ncccc1Oc1ccccc1F.